The first-order valence-electron chi connectivity index (χ1n) is 11.8. The van der Waals surface area contributed by atoms with E-state index in [1.165, 1.54) is 23.1 Å². The van der Waals surface area contributed by atoms with Crippen LogP contribution in [0.3, 0.4) is 0 Å². The molecule has 1 saturated heterocycles. The van der Waals surface area contributed by atoms with Crippen LogP contribution in [0.15, 0.2) is 60.8 Å². The molecule has 38 heavy (non-hydrogen) atoms. The Bertz CT molecular complexity index is 1440. The highest BCUT2D eigenvalue weighted by Crippen LogP contribution is 2.33. The van der Waals surface area contributed by atoms with E-state index in [9.17, 15) is 18.0 Å². The van der Waals surface area contributed by atoms with Crippen molar-refractivity contribution < 1.29 is 22.7 Å². The molecule has 12 heteroatoms. The molecule has 0 saturated carbocycles. The summed E-state index contributed by atoms with van der Waals surface area (Å²) in [4.78, 5) is 16.7. The number of anilines is 1. The second kappa shape index (κ2) is 10.9. The van der Waals surface area contributed by atoms with E-state index in [-0.39, 0.29) is 24.0 Å². The summed E-state index contributed by atoms with van der Waals surface area (Å²) in [5.74, 6) is -0.249. The van der Waals surface area contributed by atoms with Gasteiger partial charge in [-0.05, 0) is 31.0 Å². The number of halogens is 4. The number of hydrogen-bond donors (Lipinski definition) is 0. The molecule has 0 aliphatic carbocycles. The molecule has 2 aromatic heterocycles. The number of benzene rings is 2. The van der Waals surface area contributed by atoms with Gasteiger partial charge in [-0.2, -0.15) is 5.10 Å². The Morgan fingerprint density at radius 2 is 1.66 bits per heavy atom. The van der Waals surface area contributed by atoms with Gasteiger partial charge >= 0.3 is 6.36 Å². The van der Waals surface area contributed by atoms with Crippen LogP contribution in [0.1, 0.15) is 23.2 Å². The van der Waals surface area contributed by atoms with Gasteiger partial charge in [-0.15, -0.1) is 35.8 Å². The lowest BCUT2D eigenvalue weighted by molar-refractivity contribution is -0.274. The summed E-state index contributed by atoms with van der Waals surface area (Å²) >= 11 is 0. The molecule has 8 nitrogen and oxygen atoms in total. The van der Waals surface area contributed by atoms with Gasteiger partial charge in [-0.3, -0.25) is 9.48 Å². The molecule has 3 heterocycles. The number of fused-ring (bicyclic) bond motifs is 1. The number of aromatic nitrogens is 4. The van der Waals surface area contributed by atoms with E-state index in [0.717, 1.165) is 34.0 Å². The first-order valence-corrected chi connectivity index (χ1v) is 11.8. The van der Waals surface area contributed by atoms with Gasteiger partial charge < -0.3 is 14.5 Å². The van der Waals surface area contributed by atoms with Crippen LogP contribution in [0.2, 0.25) is 0 Å². The molecular formula is C26H26ClF3N6O2. The number of amides is 1. The minimum absolute atomic E-state index is 0. The van der Waals surface area contributed by atoms with E-state index in [1.807, 2.05) is 37.4 Å². The normalized spacial score (nSPS) is 14.3. The summed E-state index contributed by atoms with van der Waals surface area (Å²) in [5, 5.41) is 15.3. The monoisotopic (exact) mass is 546 g/mol. The number of rotatable bonds is 5. The van der Waals surface area contributed by atoms with Gasteiger partial charge in [0.05, 0.1) is 11.3 Å². The number of ether oxygens (including phenoxy) is 1. The van der Waals surface area contributed by atoms with Crippen LogP contribution in [0, 0.1) is 0 Å². The quantitative estimate of drug-likeness (QED) is 0.347. The van der Waals surface area contributed by atoms with Crippen LogP contribution in [0.25, 0.3) is 22.2 Å². The van der Waals surface area contributed by atoms with Crippen molar-refractivity contribution in [1.29, 1.82) is 0 Å². The van der Waals surface area contributed by atoms with Gasteiger partial charge in [0.25, 0.3) is 5.91 Å². The minimum atomic E-state index is -4.88. The molecule has 5 rings (SSSR count). The second-order valence-corrected chi connectivity index (χ2v) is 8.94. The standard InChI is InChI=1S/C26H25F3N6O2.ClH/c1-33(25(36)20-9-5-6-10-22(20)37-26(27,28)29)17-12-15-35(16-13-17)24-19-8-4-3-7-18(19)23(31-32-24)21-11-14-30-34(21)2;/h3-11,14,17H,12-13,15-16H2,1-2H3;1H. The number of nitrogens with zero attached hydrogens (tertiary/aromatic N) is 6. The van der Waals surface area contributed by atoms with Gasteiger partial charge in [-0.1, -0.05) is 36.4 Å². The molecule has 0 N–H and O–H groups in total. The van der Waals surface area contributed by atoms with Crippen LogP contribution in [0.4, 0.5) is 19.0 Å². The Morgan fingerprint density at radius 1 is 1.00 bits per heavy atom. The smallest absolute Gasteiger partial charge is 0.405 e. The highest BCUT2D eigenvalue weighted by molar-refractivity contribution is 6.00. The van der Waals surface area contributed by atoms with Crippen molar-refractivity contribution in [2.45, 2.75) is 25.2 Å². The number of hydrogen-bond acceptors (Lipinski definition) is 6. The van der Waals surface area contributed by atoms with Gasteiger partial charge in [0.15, 0.2) is 5.82 Å². The highest BCUT2D eigenvalue weighted by atomic mass is 35.5. The Kier molecular flexibility index (Phi) is 7.77. The number of para-hydroxylation sites is 1. The summed E-state index contributed by atoms with van der Waals surface area (Å²) in [6.45, 7) is 1.24. The molecule has 0 unspecified atom stereocenters. The molecule has 4 aromatic rings. The molecule has 1 aliphatic heterocycles. The predicted octanol–water partition coefficient (Wildman–Crippen LogP) is 5.09. The molecule has 2 aromatic carbocycles. The minimum Gasteiger partial charge on any atom is -0.405 e. The number of carbonyl (C=O) groups excluding carboxylic acids is 1. The van der Waals surface area contributed by atoms with Crippen molar-refractivity contribution in [3.63, 3.8) is 0 Å². The topological polar surface area (TPSA) is 76.4 Å². The van der Waals surface area contributed by atoms with E-state index < -0.39 is 18.0 Å². The maximum Gasteiger partial charge on any atom is 0.573 e. The predicted molar refractivity (Wildman–Crippen MR) is 139 cm³/mol. The summed E-state index contributed by atoms with van der Waals surface area (Å²) in [6, 6.07) is 15.1. The Hall–Kier alpha value is -3.86. The fourth-order valence-corrected chi connectivity index (χ4v) is 4.80. The Balaban J connectivity index is 0.00000336. The van der Waals surface area contributed by atoms with Crippen molar-refractivity contribution in [3.8, 4) is 17.1 Å². The molecule has 1 fully saturated rings. The van der Waals surface area contributed by atoms with Crippen molar-refractivity contribution in [1.82, 2.24) is 24.9 Å². The summed E-state index contributed by atoms with van der Waals surface area (Å²) < 4.78 is 44.3. The average molecular weight is 547 g/mol. The van der Waals surface area contributed by atoms with E-state index in [1.54, 1.807) is 17.9 Å². The van der Waals surface area contributed by atoms with Crippen molar-refractivity contribution in [2.75, 3.05) is 25.0 Å². The number of alkyl halides is 3. The van der Waals surface area contributed by atoms with E-state index in [4.69, 9.17) is 0 Å². The highest BCUT2D eigenvalue weighted by Gasteiger charge is 2.34. The van der Waals surface area contributed by atoms with Gasteiger partial charge in [0.1, 0.15) is 11.4 Å². The average Bonchev–Trinajstić information content (AvgIpc) is 3.32. The molecule has 1 aliphatic rings. The summed E-state index contributed by atoms with van der Waals surface area (Å²) in [6.07, 6.45) is -1.90. The van der Waals surface area contributed by atoms with Gasteiger partial charge in [0, 0.05) is 50.2 Å². The van der Waals surface area contributed by atoms with E-state index in [0.29, 0.717) is 25.9 Å². The third-order valence-electron chi connectivity index (χ3n) is 6.71. The van der Waals surface area contributed by atoms with Crippen LogP contribution in [-0.4, -0.2) is 63.3 Å². The van der Waals surface area contributed by atoms with E-state index >= 15 is 0 Å². The molecular weight excluding hydrogens is 521 g/mol. The molecule has 200 valence electrons. The van der Waals surface area contributed by atoms with Crippen LogP contribution >= 0.6 is 12.4 Å². The molecule has 1 amide bonds. The maximum atomic E-state index is 13.1. The zero-order valence-electron chi connectivity index (χ0n) is 20.7. The third-order valence-corrected chi connectivity index (χ3v) is 6.71. The fraction of sp³-hybridized carbons (Fsp3) is 0.308. The van der Waals surface area contributed by atoms with Crippen LogP contribution < -0.4 is 9.64 Å². The van der Waals surface area contributed by atoms with Crippen LogP contribution in [0.5, 0.6) is 5.75 Å². The number of piperidine rings is 1. The lowest BCUT2D eigenvalue weighted by Gasteiger charge is -2.37. The second-order valence-electron chi connectivity index (χ2n) is 8.94. The molecule has 0 bridgehead atoms. The lowest BCUT2D eigenvalue weighted by atomic mass is 10.0. The van der Waals surface area contributed by atoms with E-state index in [2.05, 4.69) is 24.9 Å². The summed E-state index contributed by atoms with van der Waals surface area (Å²) in [7, 11) is 3.47. The zero-order chi connectivity index (χ0) is 26.2. The zero-order valence-corrected chi connectivity index (χ0v) is 21.5. The fourth-order valence-electron chi connectivity index (χ4n) is 4.80. The SMILES string of the molecule is CN(C(=O)c1ccccc1OC(F)(F)F)C1CCN(c2nnc(-c3ccnn3C)c3ccccc23)CC1.Cl. The Morgan fingerprint density at radius 3 is 2.32 bits per heavy atom. The molecule has 0 radical (unpaired) electrons. The first kappa shape index (κ1) is 27.2. The van der Waals surface area contributed by atoms with Crippen molar-refractivity contribution in [3.05, 3.63) is 66.4 Å². The number of aryl methyl sites for hydroxylation is 1. The van der Waals surface area contributed by atoms with Gasteiger partial charge in [0.2, 0.25) is 0 Å². The third kappa shape index (κ3) is 5.38. The molecule has 0 atom stereocenters. The molecule has 0 spiro atoms. The van der Waals surface area contributed by atoms with Crippen molar-refractivity contribution >= 4 is 34.9 Å². The van der Waals surface area contributed by atoms with Crippen LogP contribution in [-0.2, 0) is 7.05 Å². The number of carbonyl (C=O) groups is 1. The van der Waals surface area contributed by atoms with Crippen molar-refractivity contribution in [2.24, 2.45) is 7.05 Å². The van der Waals surface area contributed by atoms with Gasteiger partial charge in [-0.25, -0.2) is 0 Å². The lowest BCUT2D eigenvalue weighted by Crippen LogP contribution is -2.46. The summed E-state index contributed by atoms with van der Waals surface area (Å²) in [5.41, 5.74) is 1.50. The Labute approximate surface area is 223 Å². The largest absolute Gasteiger partial charge is 0.573 e. The first-order chi connectivity index (χ1) is 17.7. The maximum absolute atomic E-state index is 13.1.